The Morgan fingerprint density at radius 3 is 3.00 bits per heavy atom. The Bertz CT molecular complexity index is 508. The number of nitrogens with zero attached hydrogens (tertiary/aromatic N) is 3. The first-order valence-corrected chi connectivity index (χ1v) is 6.31. The molecule has 2 aliphatic heterocycles. The Kier molecular flexibility index (Phi) is 2.57. The minimum atomic E-state index is -0.366. The predicted molar refractivity (Wildman–Crippen MR) is 65.2 cm³/mol. The van der Waals surface area contributed by atoms with Crippen molar-refractivity contribution in [3.05, 3.63) is 11.8 Å². The minimum Gasteiger partial charge on any atom is -0.278 e. The van der Waals surface area contributed by atoms with E-state index in [4.69, 9.17) is 0 Å². The number of imide groups is 1. The van der Waals surface area contributed by atoms with Gasteiger partial charge in [-0.3, -0.25) is 19.7 Å². The lowest BCUT2D eigenvalue weighted by Crippen LogP contribution is -2.49. The summed E-state index contributed by atoms with van der Waals surface area (Å²) in [6.07, 6.45) is 2.50. The number of fused-ring (bicyclic) bond motifs is 1. The van der Waals surface area contributed by atoms with Crippen molar-refractivity contribution < 1.29 is 9.59 Å². The van der Waals surface area contributed by atoms with Crippen molar-refractivity contribution in [2.45, 2.75) is 32.7 Å². The molecule has 1 aromatic rings. The number of hydrogen-bond acceptors (Lipinski definition) is 3. The highest BCUT2D eigenvalue weighted by Gasteiger charge is 2.27. The molecule has 1 unspecified atom stereocenters. The van der Waals surface area contributed by atoms with Gasteiger partial charge >= 0.3 is 6.03 Å². The van der Waals surface area contributed by atoms with Crippen molar-refractivity contribution in [3.63, 3.8) is 0 Å². The molecule has 0 bridgehead atoms. The van der Waals surface area contributed by atoms with Gasteiger partial charge in [-0.25, -0.2) is 4.79 Å². The van der Waals surface area contributed by atoms with E-state index in [9.17, 15) is 9.59 Å². The zero-order valence-corrected chi connectivity index (χ0v) is 10.3. The van der Waals surface area contributed by atoms with Gasteiger partial charge in [-0.2, -0.15) is 5.10 Å². The van der Waals surface area contributed by atoms with Gasteiger partial charge in [0.2, 0.25) is 5.91 Å². The molecule has 1 fully saturated rings. The third-order valence-electron chi connectivity index (χ3n) is 3.56. The maximum Gasteiger partial charge on any atom is 0.329 e. The van der Waals surface area contributed by atoms with Gasteiger partial charge in [0.1, 0.15) is 0 Å². The molecule has 0 radical (unpaired) electrons. The Balaban J connectivity index is 1.85. The zero-order valence-electron chi connectivity index (χ0n) is 10.3. The number of amides is 3. The van der Waals surface area contributed by atoms with Crippen LogP contribution in [0.2, 0.25) is 0 Å². The minimum absolute atomic E-state index is 0.214. The molecule has 1 N–H and O–H groups in total. The van der Waals surface area contributed by atoms with Gasteiger partial charge in [0.25, 0.3) is 0 Å². The van der Waals surface area contributed by atoms with E-state index < -0.39 is 0 Å². The van der Waals surface area contributed by atoms with Gasteiger partial charge in [-0.15, -0.1) is 0 Å². The molecule has 0 spiro atoms. The molecule has 3 rings (SSSR count). The largest absolute Gasteiger partial charge is 0.329 e. The number of anilines is 1. The van der Waals surface area contributed by atoms with E-state index in [1.54, 1.807) is 0 Å². The van der Waals surface area contributed by atoms with Crippen LogP contribution in [0.15, 0.2) is 6.07 Å². The Morgan fingerprint density at radius 1 is 1.39 bits per heavy atom. The van der Waals surface area contributed by atoms with Crippen LogP contribution in [0, 0.1) is 5.92 Å². The average Bonchev–Trinajstić information content (AvgIpc) is 2.71. The maximum absolute atomic E-state index is 11.7. The molecule has 6 heteroatoms. The first-order chi connectivity index (χ1) is 8.63. The maximum atomic E-state index is 11.7. The summed E-state index contributed by atoms with van der Waals surface area (Å²) in [6, 6.07) is 1.59. The number of carbonyl (C=O) groups is 2. The smallest absolute Gasteiger partial charge is 0.278 e. The Labute approximate surface area is 105 Å². The van der Waals surface area contributed by atoms with Crippen LogP contribution in [0.4, 0.5) is 10.6 Å². The van der Waals surface area contributed by atoms with E-state index in [2.05, 4.69) is 17.3 Å². The average molecular weight is 248 g/mol. The van der Waals surface area contributed by atoms with Crippen LogP contribution in [0.3, 0.4) is 0 Å². The zero-order chi connectivity index (χ0) is 12.7. The van der Waals surface area contributed by atoms with E-state index in [1.807, 2.05) is 10.7 Å². The molecule has 0 saturated carbocycles. The first kappa shape index (κ1) is 11.3. The quantitative estimate of drug-likeness (QED) is 0.803. The van der Waals surface area contributed by atoms with Gasteiger partial charge in [-0.1, -0.05) is 6.92 Å². The number of hydrogen-bond donors (Lipinski definition) is 1. The van der Waals surface area contributed by atoms with Crippen molar-refractivity contribution in [2.75, 3.05) is 11.4 Å². The molecular weight excluding hydrogens is 232 g/mol. The highest BCUT2D eigenvalue weighted by Crippen LogP contribution is 2.24. The highest BCUT2D eigenvalue weighted by molar-refractivity contribution is 6.05. The standard InChI is InChI=1S/C12H16N4O2/c1-8-2-3-9-6-10(14-16(9)7-8)15-5-4-11(17)13-12(15)18/h6,8H,2-5,7H2,1H3,(H,13,17,18). The van der Waals surface area contributed by atoms with E-state index in [-0.39, 0.29) is 11.9 Å². The molecule has 96 valence electrons. The summed E-state index contributed by atoms with van der Waals surface area (Å²) in [5.41, 5.74) is 1.17. The van der Waals surface area contributed by atoms with Gasteiger partial charge in [0.05, 0.1) is 0 Å². The second kappa shape index (κ2) is 4.12. The van der Waals surface area contributed by atoms with Crippen molar-refractivity contribution >= 4 is 17.8 Å². The monoisotopic (exact) mass is 248 g/mol. The lowest BCUT2D eigenvalue weighted by atomic mass is 10.0. The first-order valence-electron chi connectivity index (χ1n) is 6.31. The highest BCUT2D eigenvalue weighted by atomic mass is 16.2. The SMILES string of the molecule is CC1CCc2cc(N3CCC(=O)NC3=O)nn2C1. The lowest BCUT2D eigenvalue weighted by molar-refractivity contribution is -0.120. The summed E-state index contributed by atoms with van der Waals surface area (Å²) in [5, 5.41) is 6.79. The third-order valence-corrected chi connectivity index (χ3v) is 3.56. The summed E-state index contributed by atoms with van der Waals surface area (Å²) < 4.78 is 1.98. The molecule has 3 heterocycles. The summed E-state index contributed by atoms with van der Waals surface area (Å²) >= 11 is 0. The number of rotatable bonds is 1. The summed E-state index contributed by atoms with van der Waals surface area (Å²) in [4.78, 5) is 24.4. The number of urea groups is 1. The van der Waals surface area contributed by atoms with Crippen molar-refractivity contribution in [1.29, 1.82) is 0 Å². The molecule has 0 aliphatic carbocycles. The van der Waals surface area contributed by atoms with Crippen LogP contribution >= 0.6 is 0 Å². The van der Waals surface area contributed by atoms with Crippen LogP contribution in [0.25, 0.3) is 0 Å². The molecule has 1 atom stereocenters. The molecule has 1 saturated heterocycles. The number of nitrogens with one attached hydrogen (secondary N) is 1. The topological polar surface area (TPSA) is 67.2 Å². The molecule has 1 aromatic heterocycles. The van der Waals surface area contributed by atoms with E-state index in [1.165, 1.54) is 10.6 Å². The summed E-state index contributed by atoms with van der Waals surface area (Å²) in [7, 11) is 0. The molecule has 3 amide bonds. The van der Waals surface area contributed by atoms with Crippen LogP contribution in [-0.4, -0.2) is 28.3 Å². The number of carbonyl (C=O) groups excluding carboxylic acids is 2. The Hall–Kier alpha value is -1.85. The molecule has 2 aliphatic rings. The number of aromatic nitrogens is 2. The fourth-order valence-corrected chi connectivity index (χ4v) is 2.50. The van der Waals surface area contributed by atoms with Gasteiger partial charge < -0.3 is 0 Å². The normalized spacial score (nSPS) is 23.8. The van der Waals surface area contributed by atoms with Crippen molar-refractivity contribution in [3.8, 4) is 0 Å². The van der Waals surface area contributed by atoms with E-state index in [0.29, 0.717) is 24.7 Å². The Morgan fingerprint density at radius 2 is 2.22 bits per heavy atom. The fraction of sp³-hybridized carbons (Fsp3) is 0.583. The van der Waals surface area contributed by atoms with Gasteiger partial charge in [-0.05, 0) is 18.8 Å². The van der Waals surface area contributed by atoms with Crippen molar-refractivity contribution in [2.24, 2.45) is 5.92 Å². The second-order valence-corrected chi connectivity index (χ2v) is 5.07. The molecule has 6 nitrogen and oxygen atoms in total. The lowest BCUT2D eigenvalue weighted by Gasteiger charge is -2.24. The second-order valence-electron chi connectivity index (χ2n) is 5.07. The molecular formula is C12H16N4O2. The van der Waals surface area contributed by atoms with Gasteiger partial charge in [0, 0.05) is 31.3 Å². The van der Waals surface area contributed by atoms with E-state index in [0.717, 1.165) is 19.4 Å². The fourth-order valence-electron chi connectivity index (χ4n) is 2.50. The van der Waals surface area contributed by atoms with E-state index >= 15 is 0 Å². The molecule has 0 aromatic carbocycles. The summed E-state index contributed by atoms with van der Waals surface area (Å²) in [6.45, 7) is 3.52. The van der Waals surface area contributed by atoms with Crippen molar-refractivity contribution in [1.82, 2.24) is 15.1 Å². The van der Waals surface area contributed by atoms with Crippen LogP contribution in [-0.2, 0) is 17.8 Å². The van der Waals surface area contributed by atoms with Crippen LogP contribution in [0.1, 0.15) is 25.5 Å². The predicted octanol–water partition coefficient (Wildman–Crippen LogP) is 0.912. The summed E-state index contributed by atoms with van der Waals surface area (Å²) in [5.74, 6) is 1.07. The third kappa shape index (κ3) is 1.87. The van der Waals surface area contributed by atoms with Gasteiger partial charge in [0.15, 0.2) is 5.82 Å². The van der Waals surface area contributed by atoms with Crippen LogP contribution in [0.5, 0.6) is 0 Å². The number of aryl methyl sites for hydroxylation is 1. The molecule has 18 heavy (non-hydrogen) atoms. The van der Waals surface area contributed by atoms with Crippen LogP contribution < -0.4 is 10.2 Å².